The Morgan fingerprint density at radius 1 is 0.931 bits per heavy atom. The molecule has 0 radical (unpaired) electrons. The van der Waals surface area contributed by atoms with Gasteiger partial charge in [0, 0.05) is 37.2 Å². The van der Waals surface area contributed by atoms with Gasteiger partial charge in [-0.2, -0.15) is 0 Å². The van der Waals surface area contributed by atoms with Gasteiger partial charge in [0.15, 0.2) is 11.6 Å². The largest absolute Gasteiger partial charge is 0.459 e. The molecule has 1 amide bonds. The Balaban J connectivity index is 1.54. The van der Waals surface area contributed by atoms with Crippen molar-refractivity contribution in [3.05, 3.63) is 65.7 Å². The SMILES string of the molecule is O=C(c1ccco1)N1CCc2nc(-c3ccccc3)nc(N3CCCCC3)c2C1. The quantitative estimate of drug-likeness (QED) is 0.680. The van der Waals surface area contributed by atoms with Gasteiger partial charge in [0.25, 0.3) is 5.91 Å². The fourth-order valence-electron chi connectivity index (χ4n) is 4.21. The van der Waals surface area contributed by atoms with Gasteiger partial charge >= 0.3 is 0 Å². The van der Waals surface area contributed by atoms with Gasteiger partial charge in [-0.15, -0.1) is 0 Å². The second-order valence-electron chi connectivity index (χ2n) is 7.66. The molecule has 6 nitrogen and oxygen atoms in total. The summed E-state index contributed by atoms with van der Waals surface area (Å²) < 4.78 is 5.33. The van der Waals surface area contributed by atoms with Crippen molar-refractivity contribution in [2.24, 2.45) is 0 Å². The van der Waals surface area contributed by atoms with Crippen molar-refractivity contribution in [2.75, 3.05) is 24.5 Å². The summed E-state index contributed by atoms with van der Waals surface area (Å²) in [5, 5.41) is 0. The van der Waals surface area contributed by atoms with Crippen molar-refractivity contribution < 1.29 is 9.21 Å². The molecular formula is C23H24N4O2. The molecule has 4 heterocycles. The monoisotopic (exact) mass is 388 g/mol. The molecule has 5 rings (SSSR count). The second kappa shape index (κ2) is 7.70. The molecule has 1 aromatic carbocycles. The maximum Gasteiger partial charge on any atom is 0.289 e. The van der Waals surface area contributed by atoms with E-state index in [-0.39, 0.29) is 5.91 Å². The molecule has 2 aliphatic rings. The van der Waals surface area contributed by atoms with Crippen molar-refractivity contribution in [1.82, 2.24) is 14.9 Å². The maximum absolute atomic E-state index is 12.8. The van der Waals surface area contributed by atoms with Gasteiger partial charge in [0.1, 0.15) is 5.82 Å². The predicted octanol–water partition coefficient (Wildman–Crippen LogP) is 3.93. The number of nitrogens with zero attached hydrogens (tertiary/aromatic N) is 4. The third kappa shape index (κ3) is 3.50. The number of carbonyl (C=O) groups is 1. The fraction of sp³-hybridized carbons (Fsp3) is 0.348. The first-order chi connectivity index (χ1) is 14.3. The normalized spacial score (nSPS) is 16.6. The van der Waals surface area contributed by atoms with Crippen LogP contribution in [0.4, 0.5) is 5.82 Å². The number of rotatable bonds is 3. The Hall–Kier alpha value is -3.15. The van der Waals surface area contributed by atoms with Gasteiger partial charge in [0.05, 0.1) is 18.5 Å². The number of aromatic nitrogens is 2. The van der Waals surface area contributed by atoms with E-state index in [1.165, 1.54) is 19.3 Å². The van der Waals surface area contributed by atoms with E-state index in [4.69, 9.17) is 14.4 Å². The van der Waals surface area contributed by atoms with E-state index in [0.29, 0.717) is 18.8 Å². The standard InChI is InChI=1S/C23H24N4O2/c28-23(20-10-7-15-29-20)27-14-11-19-18(16-27)22(26-12-5-2-6-13-26)25-21(24-19)17-8-3-1-4-9-17/h1,3-4,7-10,15H,2,5-6,11-14,16H2. The number of benzene rings is 1. The minimum atomic E-state index is -0.0719. The molecule has 0 unspecified atom stereocenters. The number of anilines is 1. The molecule has 148 valence electrons. The average Bonchev–Trinajstić information content (AvgIpc) is 3.34. The molecule has 0 bridgehead atoms. The highest BCUT2D eigenvalue weighted by molar-refractivity contribution is 5.91. The van der Waals surface area contributed by atoms with Crippen molar-refractivity contribution in [1.29, 1.82) is 0 Å². The summed E-state index contributed by atoms with van der Waals surface area (Å²) >= 11 is 0. The molecule has 0 saturated carbocycles. The predicted molar refractivity (Wildman–Crippen MR) is 111 cm³/mol. The summed E-state index contributed by atoms with van der Waals surface area (Å²) in [6.07, 6.45) is 5.88. The van der Waals surface area contributed by atoms with E-state index in [1.54, 1.807) is 18.4 Å². The molecule has 1 saturated heterocycles. The minimum Gasteiger partial charge on any atom is -0.459 e. The first-order valence-electron chi connectivity index (χ1n) is 10.3. The Morgan fingerprint density at radius 3 is 2.52 bits per heavy atom. The number of amides is 1. The van der Waals surface area contributed by atoms with Crippen LogP contribution in [0.15, 0.2) is 53.1 Å². The summed E-state index contributed by atoms with van der Waals surface area (Å²) in [6.45, 7) is 3.17. The highest BCUT2D eigenvalue weighted by Crippen LogP contribution is 2.31. The van der Waals surface area contributed by atoms with Gasteiger partial charge in [-0.25, -0.2) is 9.97 Å². The summed E-state index contributed by atoms with van der Waals surface area (Å²) in [5.74, 6) is 2.08. The third-order valence-electron chi connectivity index (χ3n) is 5.75. The molecule has 2 aliphatic heterocycles. The van der Waals surface area contributed by atoms with E-state index >= 15 is 0 Å². The number of hydrogen-bond donors (Lipinski definition) is 0. The summed E-state index contributed by atoms with van der Waals surface area (Å²) in [6, 6.07) is 13.6. The van der Waals surface area contributed by atoms with Crippen LogP contribution in [0.2, 0.25) is 0 Å². The zero-order valence-corrected chi connectivity index (χ0v) is 16.4. The lowest BCUT2D eigenvalue weighted by atomic mass is 10.0. The van der Waals surface area contributed by atoms with Gasteiger partial charge in [-0.05, 0) is 31.4 Å². The Kier molecular flexibility index (Phi) is 4.76. The Morgan fingerprint density at radius 2 is 1.76 bits per heavy atom. The maximum atomic E-state index is 12.8. The summed E-state index contributed by atoms with van der Waals surface area (Å²) in [5.41, 5.74) is 3.17. The van der Waals surface area contributed by atoms with Crippen molar-refractivity contribution >= 4 is 11.7 Å². The minimum absolute atomic E-state index is 0.0719. The molecule has 2 aromatic heterocycles. The first-order valence-corrected chi connectivity index (χ1v) is 10.3. The number of carbonyl (C=O) groups excluding carboxylic acids is 1. The van der Waals surface area contributed by atoms with Crippen molar-refractivity contribution in [2.45, 2.75) is 32.2 Å². The van der Waals surface area contributed by atoms with E-state index in [9.17, 15) is 4.79 Å². The lowest BCUT2D eigenvalue weighted by Crippen LogP contribution is -2.39. The molecular weight excluding hydrogens is 364 g/mol. The molecule has 0 N–H and O–H groups in total. The van der Waals surface area contributed by atoms with Crippen LogP contribution in [0.1, 0.15) is 41.1 Å². The third-order valence-corrected chi connectivity index (χ3v) is 5.75. The lowest BCUT2D eigenvalue weighted by Gasteiger charge is -2.34. The molecule has 0 atom stereocenters. The summed E-state index contributed by atoms with van der Waals surface area (Å²) in [4.78, 5) is 26.9. The van der Waals surface area contributed by atoms with Crippen LogP contribution in [0, 0.1) is 0 Å². The van der Waals surface area contributed by atoms with E-state index in [0.717, 1.165) is 48.0 Å². The van der Waals surface area contributed by atoms with Gasteiger partial charge in [-0.1, -0.05) is 30.3 Å². The van der Waals surface area contributed by atoms with Crippen molar-refractivity contribution in [3.8, 4) is 11.4 Å². The number of piperidine rings is 1. The average molecular weight is 388 g/mol. The molecule has 0 aliphatic carbocycles. The topological polar surface area (TPSA) is 62.5 Å². The van der Waals surface area contributed by atoms with Gasteiger partial charge in [0.2, 0.25) is 0 Å². The van der Waals surface area contributed by atoms with Crippen LogP contribution in [-0.4, -0.2) is 40.4 Å². The zero-order valence-electron chi connectivity index (χ0n) is 16.4. The second-order valence-corrected chi connectivity index (χ2v) is 7.66. The fourth-order valence-corrected chi connectivity index (χ4v) is 4.21. The number of furan rings is 1. The molecule has 6 heteroatoms. The highest BCUT2D eigenvalue weighted by Gasteiger charge is 2.29. The molecule has 3 aromatic rings. The lowest BCUT2D eigenvalue weighted by molar-refractivity contribution is 0.0701. The molecule has 1 fully saturated rings. The molecule has 0 spiro atoms. The van der Waals surface area contributed by atoms with Crippen molar-refractivity contribution in [3.63, 3.8) is 0 Å². The van der Waals surface area contributed by atoms with E-state index in [2.05, 4.69) is 17.0 Å². The van der Waals surface area contributed by atoms with E-state index < -0.39 is 0 Å². The number of fused-ring (bicyclic) bond motifs is 1. The van der Waals surface area contributed by atoms with Gasteiger partial charge < -0.3 is 14.2 Å². The highest BCUT2D eigenvalue weighted by atomic mass is 16.3. The summed E-state index contributed by atoms with van der Waals surface area (Å²) in [7, 11) is 0. The van der Waals surface area contributed by atoms with Crippen LogP contribution in [0.5, 0.6) is 0 Å². The Bertz CT molecular complexity index is 995. The zero-order chi connectivity index (χ0) is 19.6. The van der Waals surface area contributed by atoms with E-state index in [1.807, 2.05) is 23.1 Å². The van der Waals surface area contributed by atoms with Crippen LogP contribution in [-0.2, 0) is 13.0 Å². The van der Waals surface area contributed by atoms with Crippen LogP contribution in [0.3, 0.4) is 0 Å². The van der Waals surface area contributed by atoms with Crippen LogP contribution in [0.25, 0.3) is 11.4 Å². The number of hydrogen-bond acceptors (Lipinski definition) is 5. The Labute approximate surface area is 170 Å². The molecule has 29 heavy (non-hydrogen) atoms. The van der Waals surface area contributed by atoms with Crippen LogP contribution >= 0.6 is 0 Å². The van der Waals surface area contributed by atoms with Gasteiger partial charge in [-0.3, -0.25) is 4.79 Å². The van der Waals surface area contributed by atoms with Crippen LogP contribution < -0.4 is 4.90 Å². The smallest absolute Gasteiger partial charge is 0.289 e. The first kappa shape index (κ1) is 17.9.